The van der Waals surface area contributed by atoms with Gasteiger partial charge in [0.15, 0.2) is 17.5 Å². The molecule has 0 amide bonds. The molecule has 62 heavy (non-hydrogen) atoms. The molecule has 290 valence electrons. The number of rotatable bonds is 7. The zero-order valence-corrected chi connectivity index (χ0v) is 33.6. The standard InChI is InChI=1S/C58H37N3O/c1-3-13-42(14-4-1)55-59-56(43-15-5-2-6-16-43)61-57(60-55)44-29-27-40(28-30-44)38-23-25-39(26-24-38)41-31-33-45(34-32-41)58(51-20-10-7-17-47(51)48-18-8-11-21-52(48)58)46-35-36-54-50(37-46)49-19-9-12-22-53(49)62-54/h1-37H. The number of nitrogens with zero attached hydrogens (tertiary/aromatic N) is 3. The van der Waals surface area contributed by atoms with Crippen LogP contribution in [0.4, 0.5) is 0 Å². The number of aromatic nitrogens is 3. The number of para-hydroxylation sites is 1. The third-order valence-corrected chi connectivity index (χ3v) is 12.5. The van der Waals surface area contributed by atoms with Crippen molar-refractivity contribution in [3.05, 3.63) is 247 Å². The van der Waals surface area contributed by atoms with Gasteiger partial charge in [-0.3, -0.25) is 0 Å². The van der Waals surface area contributed by atoms with Crippen molar-refractivity contribution < 1.29 is 4.42 Å². The fraction of sp³-hybridized carbons (Fsp3) is 0.0172. The van der Waals surface area contributed by atoms with E-state index in [-0.39, 0.29) is 0 Å². The first kappa shape index (κ1) is 35.7. The van der Waals surface area contributed by atoms with Crippen molar-refractivity contribution in [2.75, 3.05) is 0 Å². The molecule has 1 aliphatic carbocycles. The largest absolute Gasteiger partial charge is 0.456 e. The van der Waals surface area contributed by atoms with Gasteiger partial charge in [0.25, 0.3) is 0 Å². The van der Waals surface area contributed by atoms with Gasteiger partial charge < -0.3 is 4.42 Å². The summed E-state index contributed by atoms with van der Waals surface area (Å²) in [5.41, 5.74) is 16.3. The van der Waals surface area contributed by atoms with Gasteiger partial charge in [-0.1, -0.05) is 206 Å². The van der Waals surface area contributed by atoms with Crippen LogP contribution in [0.2, 0.25) is 0 Å². The van der Waals surface area contributed by atoms with Crippen LogP contribution in [0.3, 0.4) is 0 Å². The Bertz CT molecular complexity index is 3330. The van der Waals surface area contributed by atoms with E-state index in [9.17, 15) is 0 Å². The lowest BCUT2D eigenvalue weighted by molar-refractivity contribution is 0.668. The lowest BCUT2D eigenvalue weighted by Crippen LogP contribution is -2.28. The summed E-state index contributed by atoms with van der Waals surface area (Å²) in [6.07, 6.45) is 0. The van der Waals surface area contributed by atoms with Crippen molar-refractivity contribution >= 4 is 21.9 Å². The highest BCUT2D eigenvalue weighted by Crippen LogP contribution is 2.56. The molecule has 0 aliphatic heterocycles. The SMILES string of the molecule is c1ccc(-c2nc(-c3ccccc3)nc(-c3ccc(-c4ccc(-c5ccc(C6(c7ccc8oc9ccccc9c8c7)c7ccccc7-c7ccccc76)cc5)cc4)cc3)n2)cc1. The van der Waals surface area contributed by atoms with Gasteiger partial charge in [-0.25, -0.2) is 15.0 Å². The maximum atomic E-state index is 6.30. The lowest BCUT2D eigenvalue weighted by atomic mass is 9.67. The Morgan fingerprint density at radius 1 is 0.290 bits per heavy atom. The highest BCUT2D eigenvalue weighted by atomic mass is 16.3. The summed E-state index contributed by atoms with van der Waals surface area (Å²) in [5.74, 6) is 1.95. The maximum Gasteiger partial charge on any atom is 0.164 e. The Labute approximate surface area is 359 Å². The third kappa shape index (κ3) is 5.80. The van der Waals surface area contributed by atoms with E-state index < -0.39 is 5.41 Å². The molecule has 2 heterocycles. The van der Waals surface area contributed by atoms with E-state index in [2.05, 4.69) is 152 Å². The zero-order chi connectivity index (χ0) is 41.0. The zero-order valence-electron chi connectivity index (χ0n) is 33.6. The molecule has 0 saturated heterocycles. The van der Waals surface area contributed by atoms with Gasteiger partial charge in [0.1, 0.15) is 11.2 Å². The number of benzene rings is 9. The van der Waals surface area contributed by atoms with E-state index in [0.29, 0.717) is 17.5 Å². The van der Waals surface area contributed by atoms with E-state index in [0.717, 1.165) is 55.3 Å². The summed E-state index contributed by atoms with van der Waals surface area (Å²) in [6.45, 7) is 0. The van der Waals surface area contributed by atoms with Crippen LogP contribution in [0, 0.1) is 0 Å². The molecule has 0 saturated carbocycles. The van der Waals surface area contributed by atoms with Crippen LogP contribution in [0.25, 0.3) is 89.5 Å². The Kier molecular flexibility index (Phi) is 8.36. The van der Waals surface area contributed by atoms with Crippen LogP contribution in [-0.2, 0) is 5.41 Å². The molecule has 4 nitrogen and oxygen atoms in total. The molecule has 11 aromatic rings. The molecule has 0 radical (unpaired) electrons. The molecule has 9 aromatic carbocycles. The molecule has 2 aromatic heterocycles. The first-order valence-corrected chi connectivity index (χ1v) is 21.0. The van der Waals surface area contributed by atoms with Gasteiger partial charge in [0.2, 0.25) is 0 Å². The van der Waals surface area contributed by atoms with E-state index in [1.165, 1.54) is 38.9 Å². The van der Waals surface area contributed by atoms with Gasteiger partial charge >= 0.3 is 0 Å². The summed E-state index contributed by atoms with van der Waals surface area (Å²) < 4.78 is 6.30. The van der Waals surface area contributed by atoms with Crippen LogP contribution in [0.5, 0.6) is 0 Å². The molecular weight excluding hydrogens is 755 g/mol. The predicted molar refractivity (Wildman–Crippen MR) is 252 cm³/mol. The van der Waals surface area contributed by atoms with Crippen molar-refractivity contribution in [1.29, 1.82) is 0 Å². The molecule has 4 heteroatoms. The monoisotopic (exact) mass is 791 g/mol. The van der Waals surface area contributed by atoms with Crippen molar-refractivity contribution in [3.8, 4) is 67.5 Å². The summed E-state index contributed by atoms with van der Waals surface area (Å²) in [5, 5.41) is 2.26. The Hall–Kier alpha value is -8.21. The van der Waals surface area contributed by atoms with Crippen LogP contribution in [-0.4, -0.2) is 15.0 Å². The normalized spacial score (nSPS) is 12.6. The Morgan fingerprint density at radius 2 is 0.677 bits per heavy atom. The molecule has 12 rings (SSSR count). The van der Waals surface area contributed by atoms with Gasteiger partial charge in [0.05, 0.1) is 5.41 Å². The molecule has 0 atom stereocenters. The highest BCUT2D eigenvalue weighted by molar-refractivity contribution is 6.05. The summed E-state index contributed by atoms with van der Waals surface area (Å²) in [4.78, 5) is 14.7. The Morgan fingerprint density at radius 3 is 1.21 bits per heavy atom. The van der Waals surface area contributed by atoms with Gasteiger partial charge in [-0.2, -0.15) is 0 Å². The van der Waals surface area contributed by atoms with Gasteiger partial charge in [-0.15, -0.1) is 0 Å². The predicted octanol–water partition coefficient (Wildman–Crippen LogP) is 14.5. The lowest BCUT2D eigenvalue weighted by Gasteiger charge is -2.34. The highest BCUT2D eigenvalue weighted by Gasteiger charge is 2.46. The van der Waals surface area contributed by atoms with Crippen LogP contribution >= 0.6 is 0 Å². The Balaban J connectivity index is 0.882. The molecule has 0 fully saturated rings. The van der Waals surface area contributed by atoms with Crippen LogP contribution < -0.4 is 0 Å². The molecular formula is C58H37N3O. The van der Waals surface area contributed by atoms with Gasteiger partial charge in [0, 0.05) is 27.5 Å². The quantitative estimate of drug-likeness (QED) is 0.161. The number of furan rings is 1. The molecule has 0 spiro atoms. The first-order valence-electron chi connectivity index (χ1n) is 21.0. The number of hydrogen-bond acceptors (Lipinski definition) is 4. The number of fused-ring (bicyclic) bond motifs is 6. The minimum absolute atomic E-state index is 0.512. The minimum atomic E-state index is -0.512. The second kappa shape index (κ2) is 14.5. The van der Waals surface area contributed by atoms with Crippen molar-refractivity contribution in [2.24, 2.45) is 0 Å². The first-order chi connectivity index (χ1) is 30.7. The summed E-state index contributed by atoms with van der Waals surface area (Å²) >= 11 is 0. The van der Waals surface area contributed by atoms with Gasteiger partial charge in [-0.05, 0) is 73.8 Å². The van der Waals surface area contributed by atoms with E-state index in [1.807, 2.05) is 72.8 Å². The van der Waals surface area contributed by atoms with Crippen molar-refractivity contribution in [1.82, 2.24) is 15.0 Å². The van der Waals surface area contributed by atoms with Crippen molar-refractivity contribution in [2.45, 2.75) is 5.41 Å². The van der Waals surface area contributed by atoms with Crippen LogP contribution in [0.1, 0.15) is 22.3 Å². The average Bonchev–Trinajstić information content (AvgIpc) is 3.88. The number of hydrogen-bond donors (Lipinski definition) is 0. The average molecular weight is 792 g/mol. The maximum absolute atomic E-state index is 6.30. The second-order valence-electron chi connectivity index (χ2n) is 15.9. The second-order valence-corrected chi connectivity index (χ2v) is 15.9. The van der Waals surface area contributed by atoms with Crippen LogP contribution in [0.15, 0.2) is 229 Å². The summed E-state index contributed by atoms with van der Waals surface area (Å²) in [6, 6.07) is 79.6. The minimum Gasteiger partial charge on any atom is -0.456 e. The smallest absolute Gasteiger partial charge is 0.164 e. The van der Waals surface area contributed by atoms with E-state index >= 15 is 0 Å². The molecule has 0 bridgehead atoms. The van der Waals surface area contributed by atoms with Crippen molar-refractivity contribution in [3.63, 3.8) is 0 Å². The third-order valence-electron chi connectivity index (χ3n) is 12.5. The molecule has 1 aliphatic rings. The molecule has 0 unspecified atom stereocenters. The van der Waals surface area contributed by atoms with E-state index in [1.54, 1.807) is 0 Å². The fourth-order valence-corrected chi connectivity index (χ4v) is 9.50. The summed E-state index contributed by atoms with van der Waals surface area (Å²) in [7, 11) is 0. The van der Waals surface area contributed by atoms with E-state index in [4.69, 9.17) is 19.4 Å². The fourth-order valence-electron chi connectivity index (χ4n) is 9.50. The topological polar surface area (TPSA) is 51.8 Å². The molecule has 0 N–H and O–H groups in total.